The zero-order chi connectivity index (χ0) is 22.7. The minimum atomic E-state index is -3.59. The molecule has 1 amide bonds. The number of carbonyl (C=O) groups is 1. The maximum Gasteiger partial charge on any atom is 0.243 e. The standard InChI is InChI=1S/C21H29N7O3S/c1-17(29)22-18-3-5-19(6-4-18)32(30,31)28-15-13-27(14-16-28)21-8-7-20(23-24-21)26-11-9-25(2)10-12-26/h3-8H,9-16H2,1-2H3,(H,22,29). The fourth-order valence-corrected chi connectivity index (χ4v) is 5.33. The van der Waals surface area contributed by atoms with E-state index in [2.05, 4.69) is 37.3 Å². The normalized spacial score (nSPS) is 18.6. The highest BCUT2D eigenvalue weighted by Crippen LogP contribution is 2.22. The molecule has 4 rings (SSSR count). The number of hydrogen-bond acceptors (Lipinski definition) is 8. The molecule has 0 atom stereocenters. The molecule has 11 heteroatoms. The van der Waals surface area contributed by atoms with Gasteiger partial charge in [-0.2, -0.15) is 4.31 Å². The predicted molar refractivity (Wildman–Crippen MR) is 123 cm³/mol. The highest BCUT2D eigenvalue weighted by Gasteiger charge is 2.29. The lowest BCUT2D eigenvalue weighted by atomic mass is 10.3. The van der Waals surface area contributed by atoms with Gasteiger partial charge in [0.25, 0.3) is 0 Å². The first kappa shape index (κ1) is 22.4. The van der Waals surface area contributed by atoms with Crippen LogP contribution >= 0.6 is 0 Å². The Morgan fingerprint density at radius 1 is 0.812 bits per heavy atom. The molecule has 32 heavy (non-hydrogen) atoms. The molecule has 2 aliphatic heterocycles. The number of sulfonamides is 1. The molecule has 0 saturated carbocycles. The molecule has 0 radical (unpaired) electrons. The fraction of sp³-hybridized carbons (Fsp3) is 0.476. The molecule has 2 fully saturated rings. The summed E-state index contributed by atoms with van der Waals surface area (Å²) in [6.45, 7) is 7.15. The van der Waals surface area contributed by atoms with Crippen LogP contribution in [-0.4, -0.2) is 93.1 Å². The molecule has 0 aliphatic carbocycles. The summed E-state index contributed by atoms with van der Waals surface area (Å²) in [4.78, 5) is 18.0. The van der Waals surface area contributed by atoms with Gasteiger partial charge in [-0.05, 0) is 43.4 Å². The second-order valence-electron chi connectivity index (χ2n) is 8.14. The maximum atomic E-state index is 13.0. The number of nitrogens with zero attached hydrogens (tertiary/aromatic N) is 6. The molecular weight excluding hydrogens is 430 g/mol. The monoisotopic (exact) mass is 459 g/mol. The molecule has 1 N–H and O–H groups in total. The number of amides is 1. The summed E-state index contributed by atoms with van der Waals surface area (Å²) < 4.78 is 27.5. The van der Waals surface area contributed by atoms with Gasteiger partial charge in [0, 0.05) is 65.0 Å². The second kappa shape index (κ2) is 9.39. The van der Waals surface area contributed by atoms with Crippen LogP contribution in [0.4, 0.5) is 17.3 Å². The van der Waals surface area contributed by atoms with Crippen molar-refractivity contribution in [1.82, 2.24) is 19.4 Å². The van der Waals surface area contributed by atoms with Gasteiger partial charge in [0.05, 0.1) is 4.90 Å². The van der Waals surface area contributed by atoms with Crippen molar-refractivity contribution in [3.8, 4) is 0 Å². The molecule has 172 valence electrons. The molecule has 2 aliphatic rings. The molecule has 10 nitrogen and oxygen atoms in total. The summed E-state index contributed by atoms with van der Waals surface area (Å²) in [5.41, 5.74) is 0.569. The largest absolute Gasteiger partial charge is 0.353 e. The van der Waals surface area contributed by atoms with Crippen LogP contribution in [0.1, 0.15) is 6.92 Å². The SMILES string of the molecule is CC(=O)Nc1ccc(S(=O)(=O)N2CCN(c3ccc(N4CCN(C)CC4)nn3)CC2)cc1. The van der Waals surface area contributed by atoms with E-state index in [9.17, 15) is 13.2 Å². The van der Waals surface area contributed by atoms with Crippen LogP contribution in [0, 0.1) is 0 Å². The van der Waals surface area contributed by atoms with Crippen molar-refractivity contribution in [1.29, 1.82) is 0 Å². The predicted octanol–water partition coefficient (Wildman–Crippen LogP) is 0.698. The Bertz CT molecular complexity index is 1030. The average molecular weight is 460 g/mol. The Balaban J connectivity index is 1.35. The van der Waals surface area contributed by atoms with Gasteiger partial charge in [-0.1, -0.05) is 0 Å². The molecule has 2 aromatic rings. The van der Waals surface area contributed by atoms with Crippen LogP contribution in [-0.2, 0) is 14.8 Å². The number of aromatic nitrogens is 2. The third-order valence-electron chi connectivity index (χ3n) is 5.84. The Kier molecular flexibility index (Phi) is 6.58. The van der Waals surface area contributed by atoms with Crippen molar-refractivity contribution >= 4 is 33.3 Å². The van der Waals surface area contributed by atoms with Gasteiger partial charge < -0.3 is 20.0 Å². The molecular formula is C21H29N7O3S. The van der Waals surface area contributed by atoms with E-state index >= 15 is 0 Å². The lowest BCUT2D eigenvalue weighted by Crippen LogP contribution is -2.49. The number of nitrogens with one attached hydrogen (secondary N) is 1. The Morgan fingerprint density at radius 3 is 1.78 bits per heavy atom. The summed E-state index contributed by atoms with van der Waals surface area (Å²) in [7, 11) is -1.47. The first-order valence-corrected chi connectivity index (χ1v) is 12.2. The van der Waals surface area contributed by atoms with Crippen molar-refractivity contribution < 1.29 is 13.2 Å². The Morgan fingerprint density at radius 2 is 1.31 bits per heavy atom. The number of hydrogen-bond donors (Lipinski definition) is 1. The van der Waals surface area contributed by atoms with Crippen molar-refractivity contribution in [3.05, 3.63) is 36.4 Å². The summed E-state index contributed by atoms with van der Waals surface area (Å²) in [6.07, 6.45) is 0. The van der Waals surface area contributed by atoms with E-state index in [-0.39, 0.29) is 10.8 Å². The average Bonchev–Trinajstić information content (AvgIpc) is 2.80. The van der Waals surface area contributed by atoms with Gasteiger partial charge in [0.1, 0.15) is 0 Å². The van der Waals surface area contributed by atoms with Crippen molar-refractivity contribution in [3.63, 3.8) is 0 Å². The molecule has 0 bridgehead atoms. The molecule has 1 aromatic carbocycles. The van der Waals surface area contributed by atoms with Crippen LogP contribution in [0.5, 0.6) is 0 Å². The van der Waals surface area contributed by atoms with Crippen LogP contribution in [0.2, 0.25) is 0 Å². The minimum absolute atomic E-state index is 0.198. The van der Waals surface area contributed by atoms with Gasteiger partial charge in [-0.25, -0.2) is 8.42 Å². The molecule has 3 heterocycles. The number of anilines is 3. The number of rotatable bonds is 5. The number of likely N-dealkylation sites (N-methyl/N-ethyl adjacent to an activating group) is 1. The first-order valence-electron chi connectivity index (χ1n) is 10.7. The highest BCUT2D eigenvalue weighted by molar-refractivity contribution is 7.89. The third-order valence-corrected chi connectivity index (χ3v) is 7.75. The van der Waals surface area contributed by atoms with Gasteiger partial charge >= 0.3 is 0 Å². The smallest absolute Gasteiger partial charge is 0.243 e. The van der Waals surface area contributed by atoms with Crippen molar-refractivity contribution in [2.24, 2.45) is 0 Å². The molecule has 1 aromatic heterocycles. The Hall–Kier alpha value is -2.76. The first-order chi connectivity index (χ1) is 15.3. The number of benzene rings is 1. The van der Waals surface area contributed by atoms with Crippen molar-refractivity contribution in [2.75, 3.05) is 74.5 Å². The lowest BCUT2D eigenvalue weighted by molar-refractivity contribution is -0.114. The van der Waals surface area contributed by atoms with E-state index in [1.54, 1.807) is 12.1 Å². The summed E-state index contributed by atoms with van der Waals surface area (Å²) >= 11 is 0. The topological polar surface area (TPSA) is 102 Å². The number of piperazine rings is 2. The van der Waals surface area contributed by atoms with E-state index in [0.717, 1.165) is 37.8 Å². The minimum Gasteiger partial charge on any atom is -0.353 e. The van der Waals surface area contributed by atoms with Gasteiger partial charge in [-0.3, -0.25) is 4.79 Å². The van der Waals surface area contributed by atoms with E-state index < -0.39 is 10.0 Å². The van der Waals surface area contributed by atoms with Gasteiger partial charge in [0.2, 0.25) is 15.9 Å². The zero-order valence-electron chi connectivity index (χ0n) is 18.4. The van der Waals surface area contributed by atoms with Crippen LogP contribution in [0.25, 0.3) is 0 Å². The van der Waals surface area contributed by atoms with Crippen LogP contribution < -0.4 is 15.1 Å². The number of carbonyl (C=O) groups excluding carboxylic acids is 1. The van der Waals surface area contributed by atoms with E-state index in [1.807, 2.05) is 12.1 Å². The summed E-state index contributed by atoms with van der Waals surface area (Å²) in [5.74, 6) is 1.45. The zero-order valence-corrected chi connectivity index (χ0v) is 19.3. The molecule has 0 spiro atoms. The molecule has 0 unspecified atom stereocenters. The summed E-state index contributed by atoms with van der Waals surface area (Å²) in [5, 5.41) is 11.4. The van der Waals surface area contributed by atoms with Gasteiger partial charge in [-0.15, -0.1) is 10.2 Å². The fourth-order valence-electron chi connectivity index (χ4n) is 3.91. The Labute approximate surface area is 188 Å². The second-order valence-corrected chi connectivity index (χ2v) is 10.1. The maximum absolute atomic E-state index is 13.0. The quantitative estimate of drug-likeness (QED) is 0.697. The van der Waals surface area contributed by atoms with Crippen LogP contribution in [0.3, 0.4) is 0 Å². The van der Waals surface area contributed by atoms with E-state index in [1.165, 1.54) is 23.4 Å². The summed E-state index contributed by atoms with van der Waals surface area (Å²) in [6, 6.07) is 10.2. The van der Waals surface area contributed by atoms with Crippen molar-refractivity contribution in [2.45, 2.75) is 11.8 Å². The molecule has 2 saturated heterocycles. The van der Waals surface area contributed by atoms with E-state index in [0.29, 0.717) is 31.9 Å². The van der Waals surface area contributed by atoms with E-state index in [4.69, 9.17) is 0 Å². The van der Waals surface area contributed by atoms with Crippen LogP contribution in [0.15, 0.2) is 41.3 Å². The lowest BCUT2D eigenvalue weighted by Gasteiger charge is -2.35. The highest BCUT2D eigenvalue weighted by atomic mass is 32.2. The van der Waals surface area contributed by atoms with Gasteiger partial charge in [0.15, 0.2) is 11.6 Å². The third kappa shape index (κ3) is 5.00.